The van der Waals surface area contributed by atoms with E-state index in [2.05, 4.69) is 5.10 Å². The lowest BCUT2D eigenvalue weighted by Gasteiger charge is -2.24. The molecule has 23 heavy (non-hydrogen) atoms. The number of rotatable bonds is 7. The van der Waals surface area contributed by atoms with Gasteiger partial charge in [-0.05, 0) is 12.0 Å². The fourth-order valence-electron chi connectivity index (χ4n) is 2.43. The molecule has 124 valence electrons. The van der Waals surface area contributed by atoms with E-state index in [-0.39, 0.29) is 18.0 Å². The van der Waals surface area contributed by atoms with E-state index in [9.17, 15) is 9.59 Å². The van der Waals surface area contributed by atoms with Crippen molar-refractivity contribution in [3.63, 3.8) is 0 Å². The molecule has 1 heterocycles. The van der Waals surface area contributed by atoms with Gasteiger partial charge in [0.1, 0.15) is 6.54 Å². The Morgan fingerprint density at radius 1 is 1.35 bits per heavy atom. The van der Waals surface area contributed by atoms with Crippen LogP contribution in [0.25, 0.3) is 10.8 Å². The molecule has 2 aromatic rings. The Bertz CT molecular complexity index is 724. The van der Waals surface area contributed by atoms with E-state index in [1.165, 1.54) is 4.68 Å². The Labute approximate surface area is 135 Å². The van der Waals surface area contributed by atoms with Crippen molar-refractivity contribution in [2.75, 3.05) is 26.8 Å². The van der Waals surface area contributed by atoms with E-state index in [0.717, 1.165) is 5.39 Å². The van der Waals surface area contributed by atoms with Gasteiger partial charge in [0.2, 0.25) is 5.91 Å². The first-order chi connectivity index (χ1) is 11.0. The third kappa shape index (κ3) is 4.39. The van der Waals surface area contributed by atoms with Gasteiger partial charge in [-0.3, -0.25) is 9.59 Å². The average Bonchev–Trinajstić information content (AvgIpc) is 2.54. The van der Waals surface area contributed by atoms with Crippen LogP contribution in [0, 0.1) is 5.92 Å². The van der Waals surface area contributed by atoms with E-state index < -0.39 is 0 Å². The molecular formula is C17H23N3O3. The Hall–Kier alpha value is -2.21. The Morgan fingerprint density at radius 3 is 2.78 bits per heavy atom. The van der Waals surface area contributed by atoms with Gasteiger partial charge in [-0.15, -0.1) is 0 Å². The van der Waals surface area contributed by atoms with Crippen LogP contribution >= 0.6 is 0 Å². The zero-order valence-electron chi connectivity index (χ0n) is 13.9. The van der Waals surface area contributed by atoms with Crippen molar-refractivity contribution in [2.45, 2.75) is 20.4 Å². The third-order valence-electron chi connectivity index (χ3n) is 3.55. The minimum atomic E-state index is -0.243. The van der Waals surface area contributed by atoms with Gasteiger partial charge in [0.25, 0.3) is 5.56 Å². The monoisotopic (exact) mass is 317 g/mol. The SMILES string of the molecule is COCCN(CC(C)C)C(=O)Cn1ncc2ccccc2c1=O. The summed E-state index contributed by atoms with van der Waals surface area (Å²) in [5, 5.41) is 5.46. The van der Waals surface area contributed by atoms with E-state index in [1.54, 1.807) is 30.3 Å². The molecule has 0 saturated carbocycles. The highest BCUT2D eigenvalue weighted by molar-refractivity contribution is 5.81. The molecule has 6 heteroatoms. The quantitative estimate of drug-likeness (QED) is 0.777. The summed E-state index contributed by atoms with van der Waals surface area (Å²) in [6.45, 7) is 5.65. The fraction of sp³-hybridized carbons (Fsp3) is 0.471. The smallest absolute Gasteiger partial charge is 0.275 e. The van der Waals surface area contributed by atoms with E-state index in [0.29, 0.717) is 31.0 Å². The molecule has 0 aliphatic carbocycles. The molecule has 6 nitrogen and oxygen atoms in total. The lowest BCUT2D eigenvalue weighted by Crippen LogP contribution is -2.41. The summed E-state index contributed by atoms with van der Waals surface area (Å²) in [5.41, 5.74) is -0.243. The molecule has 0 saturated heterocycles. The number of carbonyl (C=O) groups excluding carboxylic acids is 1. The van der Waals surface area contributed by atoms with Crippen LogP contribution < -0.4 is 5.56 Å². The topological polar surface area (TPSA) is 64.4 Å². The van der Waals surface area contributed by atoms with Crippen LogP contribution in [0.5, 0.6) is 0 Å². The first-order valence-electron chi connectivity index (χ1n) is 7.74. The summed E-state index contributed by atoms with van der Waals surface area (Å²) >= 11 is 0. The van der Waals surface area contributed by atoms with E-state index in [4.69, 9.17) is 4.74 Å². The van der Waals surface area contributed by atoms with Gasteiger partial charge < -0.3 is 9.64 Å². The van der Waals surface area contributed by atoms with Crippen LogP contribution in [0.3, 0.4) is 0 Å². The number of hydrogen-bond acceptors (Lipinski definition) is 4. The molecule has 1 aromatic carbocycles. The summed E-state index contributed by atoms with van der Waals surface area (Å²) in [7, 11) is 1.60. The van der Waals surface area contributed by atoms with Crippen molar-refractivity contribution >= 4 is 16.7 Å². The predicted octanol–water partition coefficient (Wildman–Crippen LogP) is 1.53. The number of fused-ring (bicyclic) bond motifs is 1. The molecule has 0 radical (unpaired) electrons. The van der Waals surface area contributed by atoms with Crippen molar-refractivity contribution in [2.24, 2.45) is 5.92 Å². The van der Waals surface area contributed by atoms with E-state index >= 15 is 0 Å². The van der Waals surface area contributed by atoms with Gasteiger partial charge in [0.05, 0.1) is 18.2 Å². The number of nitrogens with zero attached hydrogens (tertiary/aromatic N) is 3. The normalized spacial score (nSPS) is 11.1. The third-order valence-corrected chi connectivity index (χ3v) is 3.55. The second-order valence-electron chi connectivity index (χ2n) is 5.92. The van der Waals surface area contributed by atoms with Gasteiger partial charge in [-0.2, -0.15) is 5.10 Å². The molecule has 0 fully saturated rings. The number of carbonyl (C=O) groups is 1. The summed E-state index contributed by atoms with van der Waals surface area (Å²) in [4.78, 5) is 26.7. The van der Waals surface area contributed by atoms with Gasteiger partial charge in [-0.25, -0.2) is 4.68 Å². The summed E-state index contributed by atoms with van der Waals surface area (Å²) < 4.78 is 6.28. The van der Waals surface area contributed by atoms with Crippen LogP contribution in [0.4, 0.5) is 0 Å². The fourth-order valence-corrected chi connectivity index (χ4v) is 2.43. The molecule has 0 unspecified atom stereocenters. The molecule has 0 spiro atoms. The number of ether oxygens (including phenoxy) is 1. The second-order valence-corrected chi connectivity index (χ2v) is 5.92. The van der Waals surface area contributed by atoms with Crippen LogP contribution in [0.1, 0.15) is 13.8 Å². The standard InChI is InChI=1S/C17H23N3O3/c1-13(2)11-19(8-9-23-3)16(21)12-20-17(22)15-7-5-4-6-14(15)10-18-20/h4-7,10,13H,8-9,11-12H2,1-3H3. The van der Waals surface area contributed by atoms with Crippen molar-refractivity contribution < 1.29 is 9.53 Å². The van der Waals surface area contributed by atoms with Gasteiger partial charge in [0, 0.05) is 25.6 Å². The number of amides is 1. The van der Waals surface area contributed by atoms with Crippen molar-refractivity contribution in [1.29, 1.82) is 0 Å². The number of aromatic nitrogens is 2. The second kappa shape index (κ2) is 7.87. The summed E-state index contributed by atoms with van der Waals surface area (Å²) in [5.74, 6) is 0.220. The molecule has 0 atom stereocenters. The molecule has 1 aromatic heterocycles. The lowest BCUT2D eigenvalue weighted by atomic mass is 10.2. The van der Waals surface area contributed by atoms with Crippen LogP contribution in [-0.2, 0) is 16.1 Å². The molecule has 2 rings (SSSR count). The van der Waals surface area contributed by atoms with Gasteiger partial charge in [-0.1, -0.05) is 32.0 Å². The number of benzene rings is 1. The Kier molecular flexibility index (Phi) is 5.87. The zero-order chi connectivity index (χ0) is 16.8. The maximum atomic E-state index is 12.5. The zero-order valence-corrected chi connectivity index (χ0v) is 13.9. The van der Waals surface area contributed by atoms with Crippen molar-refractivity contribution in [3.05, 3.63) is 40.8 Å². The van der Waals surface area contributed by atoms with E-state index in [1.807, 2.05) is 26.0 Å². The highest BCUT2D eigenvalue weighted by Gasteiger charge is 2.16. The first-order valence-corrected chi connectivity index (χ1v) is 7.74. The lowest BCUT2D eigenvalue weighted by molar-refractivity contribution is -0.133. The van der Waals surface area contributed by atoms with Crippen molar-refractivity contribution in [1.82, 2.24) is 14.7 Å². The molecule has 0 aliphatic rings. The first kappa shape index (κ1) is 17.1. The predicted molar refractivity (Wildman–Crippen MR) is 89.3 cm³/mol. The highest BCUT2D eigenvalue weighted by atomic mass is 16.5. The maximum Gasteiger partial charge on any atom is 0.275 e. The minimum absolute atomic E-state index is 0.0555. The van der Waals surface area contributed by atoms with Crippen LogP contribution in [0.2, 0.25) is 0 Å². The van der Waals surface area contributed by atoms with Crippen molar-refractivity contribution in [3.8, 4) is 0 Å². The minimum Gasteiger partial charge on any atom is -0.383 e. The average molecular weight is 317 g/mol. The summed E-state index contributed by atoms with van der Waals surface area (Å²) in [6.07, 6.45) is 1.62. The molecule has 0 bridgehead atoms. The Balaban J connectivity index is 2.20. The van der Waals surface area contributed by atoms with Gasteiger partial charge in [0.15, 0.2) is 0 Å². The summed E-state index contributed by atoms with van der Waals surface area (Å²) in [6, 6.07) is 7.24. The molecule has 0 aliphatic heterocycles. The van der Waals surface area contributed by atoms with Gasteiger partial charge >= 0.3 is 0 Å². The number of hydrogen-bond donors (Lipinski definition) is 0. The largest absolute Gasteiger partial charge is 0.383 e. The van der Waals surface area contributed by atoms with Crippen LogP contribution in [0.15, 0.2) is 35.3 Å². The molecular weight excluding hydrogens is 294 g/mol. The molecule has 0 N–H and O–H groups in total. The number of methoxy groups -OCH3 is 1. The van der Waals surface area contributed by atoms with Crippen LogP contribution in [-0.4, -0.2) is 47.4 Å². The maximum absolute atomic E-state index is 12.5. The Morgan fingerprint density at radius 2 is 2.09 bits per heavy atom. The molecule has 1 amide bonds. The highest BCUT2D eigenvalue weighted by Crippen LogP contribution is 2.07.